The van der Waals surface area contributed by atoms with Crippen molar-refractivity contribution in [2.24, 2.45) is 21.7 Å². The Hall–Kier alpha value is -0.310. The van der Waals surface area contributed by atoms with Crippen molar-refractivity contribution in [2.45, 2.75) is 96.7 Å². The molecule has 0 spiro atoms. The van der Waals surface area contributed by atoms with E-state index < -0.39 is 0 Å². The summed E-state index contributed by atoms with van der Waals surface area (Å²) < 4.78 is 0. The zero-order valence-corrected chi connectivity index (χ0v) is 16.0. The van der Waals surface area contributed by atoms with Crippen LogP contribution in [-0.4, -0.2) is 16.2 Å². The van der Waals surface area contributed by atoms with E-state index in [1.807, 2.05) is 0 Å². The maximum atomic E-state index is 12.1. The second-order valence-corrected chi connectivity index (χ2v) is 9.97. The number of carbonyl (C=O) groups excluding carboxylic acids is 1. The van der Waals surface area contributed by atoms with Gasteiger partial charge in [0.25, 0.3) is 5.91 Å². The van der Waals surface area contributed by atoms with Gasteiger partial charge in [-0.1, -0.05) is 51.8 Å². The van der Waals surface area contributed by atoms with Gasteiger partial charge in [-0.25, -0.2) is 4.99 Å². The minimum atomic E-state index is 0.0849. The van der Waals surface area contributed by atoms with E-state index in [1.54, 1.807) is 11.8 Å². The van der Waals surface area contributed by atoms with Crippen LogP contribution >= 0.6 is 11.8 Å². The number of hydrogen-bond acceptors (Lipinski definition) is 2. The second kappa shape index (κ2) is 6.90. The maximum Gasteiger partial charge on any atom is 0.260 e. The molecule has 130 valence electrons. The van der Waals surface area contributed by atoms with E-state index in [0.29, 0.717) is 16.7 Å². The minimum Gasteiger partial charge on any atom is -0.271 e. The van der Waals surface area contributed by atoms with Gasteiger partial charge in [-0.15, -0.1) is 0 Å². The molecule has 1 atom stereocenters. The van der Waals surface area contributed by atoms with Crippen LogP contribution in [-0.2, 0) is 4.79 Å². The normalized spacial score (nSPS) is 36.8. The fraction of sp³-hybridized carbons (Fsp3) is 0.900. The Bertz CT molecular complexity index is 458. The van der Waals surface area contributed by atoms with Gasteiger partial charge in [0.15, 0.2) is 0 Å². The van der Waals surface area contributed by atoms with E-state index in [4.69, 9.17) is 0 Å². The van der Waals surface area contributed by atoms with E-state index >= 15 is 0 Å². The number of unbranched alkanes of at least 4 members (excludes halogenated alkanes) is 2. The average Bonchev–Trinajstić information content (AvgIpc) is 2.90. The number of aliphatic imine (C=N–C) groups is 1. The molecule has 0 unspecified atom stereocenters. The minimum absolute atomic E-state index is 0.0849. The van der Waals surface area contributed by atoms with Crippen LogP contribution < -0.4 is 0 Å². The third-order valence-electron chi connectivity index (χ3n) is 6.74. The molecule has 3 aliphatic carbocycles. The van der Waals surface area contributed by atoms with Gasteiger partial charge in [0, 0.05) is 6.42 Å². The van der Waals surface area contributed by atoms with Gasteiger partial charge < -0.3 is 0 Å². The zero-order valence-electron chi connectivity index (χ0n) is 15.2. The van der Waals surface area contributed by atoms with Crippen molar-refractivity contribution >= 4 is 22.7 Å². The Morgan fingerprint density at radius 1 is 1.09 bits per heavy atom. The van der Waals surface area contributed by atoms with E-state index in [0.717, 1.165) is 11.5 Å². The number of nitrogens with zero attached hydrogens (tertiary/aromatic N) is 1. The van der Waals surface area contributed by atoms with Crippen LogP contribution in [0.1, 0.15) is 91.4 Å². The molecule has 3 heteroatoms. The lowest BCUT2D eigenvalue weighted by atomic mass is 9.52. The van der Waals surface area contributed by atoms with Gasteiger partial charge in [-0.05, 0) is 61.7 Å². The highest BCUT2D eigenvalue weighted by molar-refractivity contribution is 8.15. The lowest BCUT2D eigenvalue weighted by Crippen LogP contribution is -2.42. The Morgan fingerprint density at radius 3 is 2.22 bits per heavy atom. The first kappa shape index (κ1) is 17.5. The van der Waals surface area contributed by atoms with Crippen molar-refractivity contribution in [3.05, 3.63) is 0 Å². The summed E-state index contributed by atoms with van der Waals surface area (Å²) in [6, 6.07) is 0. The van der Waals surface area contributed by atoms with Crippen molar-refractivity contribution in [3.8, 4) is 0 Å². The molecule has 2 bridgehead atoms. The summed E-state index contributed by atoms with van der Waals surface area (Å²) in [5, 5.41) is 1.23. The van der Waals surface area contributed by atoms with Crippen molar-refractivity contribution in [1.82, 2.24) is 0 Å². The number of fused-ring (bicyclic) bond motifs is 3. The van der Waals surface area contributed by atoms with Gasteiger partial charge in [0.05, 0.1) is 10.3 Å². The van der Waals surface area contributed by atoms with Crippen molar-refractivity contribution in [2.75, 3.05) is 0 Å². The van der Waals surface area contributed by atoms with Crippen LogP contribution in [0.5, 0.6) is 0 Å². The monoisotopic (exact) mass is 335 g/mol. The van der Waals surface area contributed by atoms with Crippen LogP contribution in [0.25, 0.3) is 0 Å². The summed E-state index contributed by atoms with van der Waals surface area (Å²) >= 11 is 1.77. The summed E-state index contributed by atoms with van der Waals surface area (Å²) in [4.78, 5) is 16.5. The molecule has 2 nitrogen and oxygen atoms in total. The van der Waals surface area contributed by atoms with Gasteiger partial charge in [0.1, 0.15) is 0 Å². The lowest BCUT2D eigenvalue weighted by Gasteiger charge is -2.54. The Balaban J connectivity index is 1.56. The molecule has 3 saturated carbocycles. The number of amides is 1. The Kier molecular flexibility index (Phi) is 5.25. The fourth-order valence-corrected chi connectivity index (χ4v) is 6.22. The Morgan fingerprint density at radius 2 is 1.70 bits per heavy atom. The predicted octanol–water partition coefficient (Wildman–Crippen LogP) is 5.99. The van der Waals surface area contributed by atoms with Gasteiger partial charge in [0.2, 0.25) is 0 Å². The molecule has 1 amide bonds. The molecule has 0 N–H and O–H groups in total. The molecule has 0 aromatic carbocycles. The zero-order chi connectivity index (χ0) is 16.5. The third-order valence-corrected chi connectivity index (χ3v) is 8.25. The highest BCUT2D eigenvalue weighted by atomic mass is 32.2. The van der Waals surface area contributed by atoms with Crippen LogP contribution in [0.3, 0.4) is 0 Å². The third kappa shape index (κ3) is 3.70. The van der Waals surface area contributed by atoms with Crippen LogP contribution in [0, 0.1) is 16.7 Å². The number of carbonyl (C=O) groups is 1. The molecule has 0 aromatic rings. The van der Waals surface area contributed by atoms with E-state index in [1.165, 1.54) is 64.2 Å². The highest BCUT2D eigenvalue weighted by Crippen LogP contribution is 2.60. The van der Waals surface area contributed by atoms with Gasteiger partial charge in [-0.3, -0.25) is 4.79 Å². The molecule has 1 heterocycles. The topological polar surface area (TPSA) is 29.4 Å². The summed E-state index contributed by atoms with van der Waals surface area (Å²) in [7, 11) is 0. The number of thioether (sulfide) groups is 1. The standard InChI is InChI=1S/C20H33NOS/c1-4-5-6-7-19-8-11-20(12-9-19,13-10-19)14-16-21-18(22)17(23-16)15(2)3/h15,17H,4-14H2,1-3H3/t17-,19?,20?/m1/s1. The highest BCUT2D eigenvalue weighted by Gasteiger charge is 2.49. The molecule has 4 rings (SSSR count). The smallest absolute Gasteiger partial charge is 0.260 e. The van der Waals surface area contributed by atoms with Crippen molar-refractivity contribution < 1.29 is 4.79 Å². The summed E-state index contributed by atoms with van der Waals surface area (Å²) in [6.07, 6.45) is 15.1. The molecule has 0 saturated heterocycles. The van der Waals surface area contributed by atoms with Crippen molar-refractivity contribution in [3.63, 3.8) is 0 Å². The molecule has 0 aromatic heterocycles. The largest absolute Gasteiger partial charge is 0.271 e. The van der Waals surface area contributed by atoms with Gasteiger partial charge in [-0.2, -0.15) is 0 Å². The molecule has 1 aliphatic heterocycles. The first-order valence-electron chi connectivity index (χ1n) is 9.76. The first-order chi connectivity index (χ1) is 11.0. The van der Waals surface area contributed by atoms with Crippen molar-refractivity contribution in [1.29, 1.82) is 0 Å². The molecular weight excluding hydrogens is 302 g/mol. The van der Waals surface area contributed by atoms with Crippen LogP contribution in [0.15, 0.2) is 4.99 Å². The lowest BCUT2D eigenvalue weighted by molar-refractivity contribution is -0.117. The average molecular weight is 336 g/mol. The fourth-order valence-electron chi connectivity index (χ4n) is 4.96. The molecular formula is C20H33NOS. The number of hydrogen-bond donors (Lipinski definition) is 0. The summed E-state index contributed by atoms with van der Waals surface area (Å²) in [5.74, 6) is 0.520. The maximum absolute atomic E-state index is 12.1. The van der Waals surface area contributed by atoms with Crippen LogP contribution in [0.4, 0.5) is 0 Å². The summed E-state index contributed by atoms with van der Waals surface area (Å²) in [5.41, 5.74) is 1.16. The summed E-state index contributed by atoms with van der Waals surface area (Å²) in [6.45, 7) is 6.58. The quantitative estimate of drug-likeness (QED) is 0.534. The molecule has 0 radical (unpaired) electrons. The number of rotatable bonds is 7. The molecule has 4 aliphatic rings. The van der Waals surface area contributed by atoms with E-state index in [9.17, 15) is 4.79 Å². The SMILES string of the molecule is CCCCCC12CCC(CC3=NC(=O)[C@@H](C(C)C)S3)(CC1)CC2. The molecule has 23 heavy (non-hydrogen) atoms. The first-order valence-corrected chi connectivity index (χ1v) is 10.6. The van der Waals surface area contributed by atoms with E-state index in [-0.39, 0.29) is 11.2 Å². The molecule has 3 fully saturated rings. The van der Waals surface area contributed by atoms with Crippen LogP contribution in [0.2, 0.25) is 0 Å². The second-order valence-electron chi connectivity index (χ2n) is 8.76. The predicted molar refractivity (Wildman–Crippen MR) is 100.0 cm³/mol. The Labute approximate surface area is 146 Å². The van der Waals surface area contributed by atoms with Gasteiger partial charge >= 0.3 is 0 Å². The van der Waals surface area contributed by atoms with E-state index in [2.05, 4.69) is 25.8 Å².